The molecule has 0 fully saturated rings. The van der Waals surface area contributed by atoms with Gasteiger partial charge in [-0.15, -0.1) is 0 Å². The topological polar surface area (TPSA) is 72.9 Å². The monoisotopic (exact) mass is 268 g/mol. The van der Waals surface area contributed by atoms with E-state index in [4.69, 9.17) is 16.7 Å². The molecule has 6 nitrogen and oxygen atoms in total. The maximum absolute atomic E-state index is 10.6. The highest BCUT2D eigenvalue weighted by Gasteiger charge is 2.15. The van der Waals surface area contributed by atoms with Crippen molar-refractivity contribution in [3.05, 3.63) is 23.1 Å². The highest BCUT2D eigenvalue weighted by molar-refractivity contribution is 6.33. The second-order valence-electron chi connectivity index (χ2n) is 3.90. The first-order valence-electron chi connectivity index (χ1n) is 5.50. The third-order valence-electron chi connectivity index (χ3n) is 2.54. The largest absolute Gasteiger partial charge is 0.480 e. The second kappa shape index (κ2) is 4.81. The van der Waals surface area contributed by atoms with Gasteiger partial charge >= 0.3 is 5.97 Å². The average Bonchev–Trinajstić information content (AvgIpc) is 2.81. The zero-order valence-electron chi connectivity index (χ0n) is 10.1. The summed E-state index contributed by atoms with van der Waals surface area (Å²) in [6.07, 6.45) is 3.36. The fraction of sp³-hybridized carbons (Fsp3) is 0.364. The summed E-state index contributed by atoms with van der Waals surface area (Å²) in [7, 11) is 0. The third kappa shape index (κ3) is 2.38. The molecule has 7 heteroatoms. The molecule has 0 saturated carbocycles. The van der Waals surface area contributed by atoms with Crippen LogP contribution < -0.4 is 0 Å². The minimum absolute atomic E-state index is 0.208. The van der Waals surface area contributed by atoms with Crippen LogP contribution in [-0.4, -0.2) is 30.6 Å². The lowest BCUT2D eigenvalue weighted by molar-refractivity contribution is -0.137. The summed E-state index contributed by atoms with van der Waals surface area (Å²) in [5, 5.41) is 17.6. The summed E-state index contributed by atoms with van der Waals surface area (Å²) in [5.41, 5.74) is 2.21. The Morgan fingerprint density at radius 1 is 1.39 bits per heavy atom. The molecule has 2 aromatic rings. The Hall–Kier alpha value is -1.82. The minimum Gasteiger partial charge on any atom is -0.480 e. The molecule has 1 N–H and O–H groups in total. The number of hydrogen-bond acceptors (Lipinski definition) is 3. The Kier molecular flexibility index (Phi) is 3.38. The van der Waals surface area contributed by atoms with Crippen molar-refractivity contribution in [2.24, 2.45) is 0 Å². The van der Waals surface area contributed by atoms with Gasteiger partial charge in [-0.25, -0.2) is 0 Å². The minimum atomic E-state index is -0.957. The highest BCUT2D eigenvalue weighted by Crippen LogP contribution is 2.28. The van der Waals surface area contributed by atoms with E-state index in [0.29, 0.717) is 10.7 Å². The van der Waals surface area contributed by atoms with Crippen LogP contribution in [0, 0.1) is 6.92 Å². The van der Waals surface area contributed by atoms with E-state index >= 15 is 0 Å². The third-order valence-corrected chi connectivity index (χ3v) is 2.82. The molecular weight excluding hydrogens is 256 g/mol. The van der Waals surface area contributed by atoms with Crippen LogP contribution in [0.2, 0.25) is 5.02 Å². The standard InChI is InChI=1S/C11H13ClN4O2/c1-3-15-4-8(7(2)13-15)11-9(12)5-16(14-11)6-10(17)18/h4-5H,3,6H2,1-2H3,(H,17,18). The molecule has 0 aliphatic heterocycles. The van der Waals surface area contributed by atoms with Crippen LogP contribution >= 0.6 is 11.6 Å². The zero-order valence-corrected chi connectivity index (χ0v) is 10.8. The first kappa shape index (κ1) is 12.6. The zero-order chi connectivity index (χ0) is 13.3. The van der Waals surface area contributed by atoms with Crippen molar-refractivity contribution < 1.29 is 9.90 Å². The van der Waals surface area contributed by atoms with Gasteiger partial charge in [0, 0.05) is 24.5 Å². The van der Waals surface area contributed by atoms with E-state index < -0.39 is 5.97 Å². The number of rotatable bonds is 4. The first-order valence-corrected chi connectivity index (χ1v) is 5.88. The maximum atomic E-state index is 10.6. The lowest BCUT2D eigenvalue weighted by Gasteiger charge is -1.95. The quantitative estimate of drug-likeness (QED) is 0.918. The van der Waals surface area contributed by atoms with Crippen molar-refractivity contribution in [3.8, 4) is 11.3 Å². The van der Waals surface area contributed by atoms with Gasteiger partial charge in [0.2, 0.25) is 0 Å². The van der Waals surface area contributed by atoms with Crippen LogP contribution in [0.25, 0.3) is 11.3 Å². The SMILES string of the molecule is CCn1cc(-c2nn(CC(=O)O)cc2Cl)c(C)n1. The number of halogens is 1. The summed E-state index contributed by atoms with van der Waals surface area (Å²) in [4.78, 5) is 10.6. The summed E-state index contributed by atoms with van der Waals surface area (Å²) >= 11 is 6.07. The Balaban J connectivity index is 2.40. The predicted molar refractivity (Wildman–Crippen MR) is 66.5 cm³/mol. The number of aromatic nitrogens is 4. The molecule has 0 spiro atoms. The molecule has 0 unspecified atom stereocenters. The Morgan fingerprint density at radius 2 is 2.11 bits per heavy atom. The molecule has 0 amide bonds. The molecule has 2 heterocycles. The molecule has 18 heavy (non-hydrogen) atoms. The van der Waals surface area contributed by atoms with E-state index in [2.05, 4.69) is 10.2 Å². The number of hydrogen-bond donors (Lipinski definition) is 1. The van der Waals surface area contributed by atoms with Gasteiger partial charge in [-0.2, -0.15) is 10.2 Å². The Labute approximate surface area is 109 Å². The van der Waals surface area contributed by atoms with Gasteiger partial charge < -0.3 is 5.11 Å². The summed E-state index contributed by atoms with van der Waals surface area (Å²) < 4.78 is 3.10. The molecule has 96 valence electrons. The van der Waals surface area contributed by atoms with Crippen LogP contribution in [0.1, 0.15) is 12.6 Å². The fourth-order valence-electron chi connectivity index (χ4n) is 1.71. The lowest BCUT2D eigenvalue weighted by atomic mass is 10.2. The summed E-state index contributed by atoms with van der Waals surface area (Å²) in [6.45, 7) is 4.41. The van der Waals surface area contributed by atoms with Crippen LogP contribution in [0.4, 0.5) is 0 Å². The van der Waals surface area contributed by atoms with Crippen molar-refractivity contribution in [2.45, 2.75) is 26.9 Å². The molecule has 2 aromatic heterocycles. The van der Waals surface area contributed by atoms with Crippen molar-refractivity contribution in [1.82, 2.24) is 19.6 Å². The van der Waals surface area contributed by atoms with E-state index in [-0.39, 0.29) is 6.54 Å². The van der Waals surface area contributed by atoms with E-state index in [9.17, 15) is 4.79 Å². The average molecular weight is 269 g/mol. The van der Waals surface area contributed by atoms with Gasteiger partial charge in [-0.05, 0) is 13.8 Å². The summed E-state index contributed by atoms with van der Waals surface area (Å²) in [5.74, 6) is -0.957. The summed E-state index contributed by atoms with van der Waals surface area (Å²) in [6, 6.07) is 0. The molecule has 0 aromatic carbocycles. The van der Waals surface area contributed by atoms with Gasteiger partial charge in [0.1, 0.15) is 12.2 Å². The molecule has 0 saturated heterocycles. The van der Waals surface area contributed by atoms with Crippen LogP contribution in [0.5, 0.6) is 0 Å². The van der Waals surface area contributed by atoms with Gasteiger partial charge in [0.15, 0.2) is 0 Å². The molecular formula is C11H13ClN4O2. The van der Waals surface area contributed by atoms with Gasteiger partial charge in [0.05, 0.1) is 10.7 Å². The van der Waals surface area contributed by atoms with Crippen LogP contribution in [0.15, 0.2) is 12.4 Å². The van der Waals surface area contributed by atoms with E-state index in [1.54, 1.807) is 4.68 Å². The van der Waals surface area contributed by atoms with Crippen molar-refractivity contribution in [2.75, 3.05) is 0 Å². The van der Waals surface area contributed by atoms with E-state index in [1.165, 1.54) is 10.9 Å². The maximum Gasteiger partial charge on any atom is 0.325 e. The highest BCUT2D eigenvalue weighted by atomic mass is 35.5. The number of carboxylic acid groups (broad SMARTS) is 1. The molecule has 0 bridgehead atoms. The molecule has 0 radical (unpaired) electrons. The molecule has 0 atom stereocenters. The van der Waals surface area contributed by atoms with E-state index in [0.717, 1.165) is 17.8 Å². The number of carboxylic acids is 1. The molecule has 2 rings (SSSR count). The van der Waals surface area contributed by atoms with E-state index in [1.807, 2.05) is 20.0 Å². The number of aryl methyl sites for hydroxylation is 2. The normalized spacial score (nSPS) is 10.8. The van der Waals surface area contributed by atoms with Crippen molar-refractivity contribution in [1.29, 1.82) is 0 Å². The smallest absolute Gasteiger partial charge is 0.325 e. The van der Waals surface area contributed by atoms with Gasteiger partial charge in [-0.3, -0.25) is 14.2 Å². The molecule has 0 aliphatic carbocycles. The van der Waals surface area contributed by atoms with Crippen molar-refractivity contribution in [3.63, 3.8) is 0 Å². The van der Waals surface area contributed by atoms with Crippen molar-refractivity contribution >= 4 is 17.6 Å². The van der Waals surface area contributed by atoms with Gasteiger partial charge in [0.25, 0.3) is 0 Å². The lowest BCUT2D eigenvalue weighted by Crippen LogP contribution is -2.08. The predicted octanol–water partition coefficient (Wildman–Crippen LogP) is 1.81. The van der Waals surface area contributed by atoms with Crippen LogP contribution in [0.3, 0.4) is 0 Å². The van der Waals surface area contributed by atoms with Crippen LogP contribution in [-0.2, 0) is 17.9 Å². The number of carbonyl (C=O) groups is 1. The first-order chi connectivity index (χ1) is 8.51. The van der Waals surface area contributed by atoms with Gasteiger partial charge in [-0.1, -0.05) is 11.6 Å². The second-order valence-corrected chi connectivity index (χ2v) is 4.31. The molecule has 0 aliphatic rings. The Morgan fingerprint density at radius 3 is 2.67 bits per heavy atom. The number of nitrogens with zero attached hydrogens (tertiary/aromatic N) is 4. The number of aliphatic carboxylic acids is 1. The fourth-order valence-corrected chi connectivity index (χ4v) is 1.96. The Bertz CT molecular complexity index is 588.